The van der Waals surface area contributed by atoms with E-state index in [-0.39, 0.29) is 6.10 Å². The number of rotatable bonds is 4. The van der Waals surface area contributed by atoms with Crippen LogP contribution in [0.5, 0.6) is 0 Å². The van der Waals surface area contributed by atoms with E-state index in [1.54, 1.807) is 12.5 Å². The summed E-state index contributed by atoms with van der Waals surface area (Å²) < 4.78 is 11.7. The van der Waals surface area contributed by atoms with Gasteiger partial charge < -0.3 is 19.8 Å². The molecule has 3 rings (SSSR count). The first-order valence-corrected chi connectivity index (χ1v) is 6.76. The van der Waals surface area contributed by atoms with Crippen molar-refractivity contribution in [2.75, 3.05) is 19.7 Å². The number of nitrogens with one attached hydrogen (secondary N) is 2. The van der Waals surface area contributed by atoms with Gasteiger partial charge in [-0.05, 0) is 18.9 Å². The van der Waals surface area contributed by atoms with Gasteiger partial charge in [0.25, 0.3) is 0 Å². The van der Waals surface area contributed by atoms with Crippen LogP contribution in [0, 0.1) is 0 Å². The van der Waals surface area contributed by atoms with Gasteiger partial charge in [0.05, 0.1) is 30.9 Å². The monoisotopic (exact) mass is 261 g/mol. The molecule has 0 bridgehead atoms. The Morgan fingerprint density at radius 2 is 2.32 bits per heavy atom. The Labute approximate surface area is 112 Å². The van der Waals surface area contributed by atoms with Crippen LogP contribution in [0.25, 0.3) is 0 Å². The molecule has 0 radical (unpaired) electrons. The van der Waals surface area contributed by atoms with E-state index in [9.17, 15) is 0 Å². The Bertz CT molecular complexity index is 459. The van der Waals surface area contributed by atoms with E-state index in [1.165, 1.54) is 5.57 Å². The van der Waals surface area contributed by atoms with Crippen LogP contribution in [0.4, 0.5) is 0 Å². The maximum atomic E-state index is 5.91. The van der Waals surface area contributed by atoms with Crippen LogP contribution in [0.3, 0.4) is 0 Å². The lowest BCUT2D eigenvalue weighted by Crippen LogP contribution is -2.40. The van der Waals surface area contributed by atoms with Crippen molar-refractivity contribution in [3.8, 4) is 0 Å². The highest BCUT2D eigenvalue weighted by Gasteiger charge is 2.23. The minimum atomic E-state index is 0.113. The molecule has 2 heterocycles. The standard InChI is InChI=1S/C14H19N3O2/c1-2-4-13(19-9-11-7-16-10-17-11)12(3-1)14-8-15-5-6-18-14/h3-4,7,10,14-15H,1-2,5-6,8-9H2,(H,16,17). The van der Waals surface area contributed by atoms with Crippen molar-refractivity contribution in [3.05, 3.63) is 41.7 Å². The summed E-state index contributed by atoms with van der Waals surface area (Å²) in [6.45, 7) is 3.06. The van der Waals surface area contributed by atoms with Gasteiger partial charge in [-0.25, -0.2) is 4.98 Å². The van der Waals surface area contributed by atoms with Crippen molar-refractivity contribution in [3.63, 3.8) is 0 Å². The number of morpholine rings is 1. The third-order valence-electron chi connectivity index (χ3n) is 3.36. The highest BCUT2D eigenvalue weighted by atomic mass is 16.5. The average molecular weight is 261 g/mol. The van der Waals surface area contributed by atoms with Crippen molar-refractivity contribution in [2.45, 2.75) is 25.6 Å². The fourth-order valence-corrected chi connectivity index (χ4v) is 2.39. The molecule has 0 saturated carbocycles. The number of H-pyrrole nitrogens is 1. The van der Waals surface area contributed by atoms with Crippen LogP contribution in [0.1, 0.15) is 18.5 Å². The molecule has 2 N–H and O–H groups in total. The molecule has 1 aromatic rings. The molecule has 0 amide bonds. The van der Waals surface area contributed by atoms with E-state index in [1.807, 2.05) is 0 Å². The van der Waals surface area contributed by atoms with Gasteiger partial charge in [-0.15, -0.1) is 0 Å². The smallest absolute Gasteiger partial charge is 0.130 e. The molecule has 1 atom stereocenters. The molecule has 1 aliphatic carbocycles. The largest absolute Gasteiger partial charge is 0.487 e. The summed E-state index contributed by atoms with van der Waals surface area (Å²) in [6, 6.07) is 0. The molecule has 0 spiro atoms. The lowest BCUT2D eigenvalue weighted by atomic mass is 9.99. The second kappa shape index (κ2) is 6.04. The van der Waals surface area contributed by atoms with Gasteiger partial charge in [0, 0.05) is 18.7 Å². The van der Waals surface area contributed by atoms with E-state index in [4.69, 9.17) is 9.47 Å². The highest BCUT2D eigenvalue weighted by Crippen LogP contribution is 2.26. The highest BCUT2D eigenvalue weighted by molar-refractivity contribution is 5.33. The fraction of sp³-hybridized carbons (Fsp3) is 0.500. The van der Waals surface area contributed by atoms with Crippen LogP contribution in [0.2, 0.25) is 0 Å². The van der Waals surface area contributed by atoms with Gasteiger partial charge in [0.15, 0.2) is 0 Å². The van der Waals surface area contributed by atoms with Gasteiger partial charge in [0.1, 0.15) is 12.4 Å². The third kappa shape index (κ3) is 3.05. The first-order valence-electron chi connectivity index (χ1n) is 6.76. The van der Waals surface area contributed by atoms with Crippen LogP contribution >= 0.6 is 0 Å². The second-order valence-corrected chi connectivity index (χ2v) is 4.73. The Morgan fingerprint density at radius 3 is 3.11 bits per heavy atom. The van der Waals surface area contributed by atoms with Crippen molar-refractivity contribution in [1.29, 1.82) is 0 Å². The molecule has 5 heteroatoms. The number of aromatic amines is 1. The lowest BCUT2D eigenvalue weighted by molar-refractivity contribution is 0.0457. The quantitative estimate of drug-likeness (QED) is 0.862. The van der Waals surface area contributed by atoms with E-state index in [2.05, 4.69) is 27.4 Å². The Kier molecular flexibility index (Phi) is 3.95. The molecule has 2 aliphatic rings. The minimum absolute atomic E-state index is 0.113. The number of hydrogen-bond donors (Lipinski definition) is 2. The molecule has 5 nitrogen and oxygen atoms in total. The first-order chi connectivity index (χ1) is 9.43. The third-order valence-corrected chi connectivity index (χ3v) is 3.36. The molecule has 102 valence electrons. The van der Waals surface area contributed by atoms with Crippen molar-refractivity contribution >= 4 is 0 Å². The summed E-state index contributed by atoms with van der Waals surface area (Å²) in [7, 11) is 0. The molecule has 1 saturated heterocycles. The number of nitrogens with zero attached hydrogens (tertiary/aromatic N) is 1. The zero-order chi connectivity index (χ0) is 12.9. The van der Waals surface area contributed by atoms with Crippen molar-refractivity contribution < 1.29 is 9.47 Å². The van der Waals surface area contributed by atoms with E-state index in [0.717, 1.165) is 44.0 Å². The Morgan fingerprint density at radius 1 is 1.37 bits per heavy atom. The predicted molar refractivity (Wildman–Crippen MR) is 71.4 cm³/mol. The Balaban J connectivity index is 1.64. The normalized spacial score (nSPS) is 23.7. The molecule has 1 aliphatic heterocycles. The second-order valence-electron chi connectivity index (χ2n) is 4.73. The molecule has 0 aromatic carbocycles. The minimum Gasteiger partial charge on any atom is -0.487 e. The molecule has 19 heavy (non-hydrogen) atoms. The maximum Gasteiger partial charge on any atom is 0.130 e. The molecule has 1 fully saturated rings. The van der Waals surface area contributed by atoms with Gasteiger partial charge in [0.2, 0.25) is 0 Å². The van der Waals surface area contributed by atoms with Crippen LogP contribution in [-0.4, -0.2) is 35.8 Å². The molecular weight excluding hydrogens is 242 g/mol. The van der Waals surface area contributed by atoms with Crippen LogP contribution < -0.4 is 5.32 Å². The molecule has 1 aromatic heterocycles. The summed E-state index contributed by atoms with van der Waals surface area (Å²) in [5.41, 5.74) is 2.16. The summed E-state index contributed by atoms with van der Waals surface area (Å²) in [5.74, 6) is 0.953. The number of imidazole rings is 1. The molecular formula is C14H19N3O2. The van der Waals surface area contributed by atoms with Gasteiger partial charge >= 0.3 is 0 Å². The number of aromatic nitrogens is 2. The van der Waals surface area contributed by atoms with Crippen LogP contribution in [-0.2, 0) is 16.1 Å². The topological polar surface area (TPSA) is 59.2 Å². The zero-order valence-corrected chi connectivity index (χ0v) is 10.9. The SMILES string of the molecule is C1=C(OCc2cnc[nH]2)C(C2CNCCO2)=CCC1. The van der Waals surface area contributed by atoms with E-state index >= 15 is 0 Å². The number of allylic oxidation sites excluding steroid dienone is 2. The van der Waals surface area contributed by atoms with Gasteiger partial charge in [-0.1, -0.05) is 6.08 Å². The van der Waals surface area contributed by atoms with Crippen LogP contribution in [0.15, 0.2) is 36.0 Å². The van der Waals surface area contributed by atoms with Crippen molar-refractivity contribution in [1.82, 2.24) is 15.3 Å². The maximum absolute atomic E-state index is 5.91. The summed E-state index contributed by atoms with van der Waals surface area (Å²) in [6.07, 6.45) is 10.0. The fourth-order valence-electron chi connectivity index (χ4n) is 2.39. The summed E-state index contributed by atoms with van der Waals surface area (Å²) in [4.78, 5) is 7.04. The Hall–Kier alpha value is -1.59. The summed E-state index contributed by atoms with van der Waals surface area (Å²) in [5, 5.41) is 3.36. The first kappa shape index (κ1) is 12.4. The van der Waals surface area contributed by atoms with E-state index < -0.39 is 0 Å². The zero-order valence-electron chi connectivity index (χ0n) is 10.9. The predicted octanol–water partition coefficient (Wildman–Crippen LogP) is 1.52. The van der Waals surface area contributed by atoms with E-state index in [0.29, 0.717) is 6.61 Å². The summed E-state index contributed by atoms with van der Waals surface area (Å²) >= 11 is 0. The average Bonchev–Trinajstić information content (AvgIpc) is 3.00. The van der Waals surface area contributed by atoms with Crippen molar-refractivity contribution in [2.24, 2.45) is 0 Å². The van der Waals surface area contributed by atoms with Gasteiger partial charge in [-0.3, -0.25) is 0 Å². The number of hydrogen-bond acceptors (Lipinski definition) is 4. The molecule has 1 unspecified atom stereocenters. The lowest BCUT2D eigenvalue weighted by Gasteiger charge is -2.28. The number of ether oxygens (including phenoxy) is 2. The van der Waals surface area contributed by atoms with Gasteiger partial charge in [-0.2, -0.15) is 0 Å².